The number of carbonyl (C=O) groups is 2. The van der Waals surface area contributed by atoms with Crippen LogP contribution in [0.3, 0.4) is 0 Å². The number of anilines is 1. The van der Waals surface area contributed by atoms with Crippen molar-refractivity contribution < 1.29 is 14.0 Å². The molecule has 0 radical (unpaired) electrons. The molecule has 2 rings (SSSR count). The molecule has 128 valence electrons. The van der Waals surface area contributed by atoms with E-state index in [1.54, 1.807) is 0 Å². The molecule has 1 aromatic heterocycles. The van der Waals surface area contributed by atoms with Crippen molar-refractivity contribution in [2.75, 3.05) is 5.32 Å². The highest BCUT2D eigenvalue weighted by atomic mass is 19.1. The van der Waals surface area contributed by atoms with Gasteiger partial charge in [0, 0.05) is 11.6 Å². The maximum absolute atomic E-state index is 12.9. The van der Waals surface area contributed by atoms with Gasteiger partial charge in [0.2, 0.25) is 0 Å². The van der Waals surface area contributed by atoms with Gasteiger partial charge in [-0.25, -0.2) is 4.39 Å². The van der Waals surface area contributed by atoms with Gasteiger partial charge in [0.1, 0.15) is 11.5 Å². The van der Waals surface area contributed by atoms with Gasteiger partial charge in [-0.1, -0.05) is 20.3 Å². The Labute approximate surface area is 139 Å². The lowest BCUT2D eigenvalue weighted by Gasteiger charge is -2.16. The van der Waals surface area contributed by atoms with Gasteiger partial charge in [0.05, 0.1) is 11.9 Å². The van der Waals surface area contributed by atoms with Crippen LogP contribution < -0.4 is 10.6 Å². The Balaban J connectivity index is 2.08. The number of amides is 2. The predicted octanol–water partition coefficient (Wildman–Crippen LogP) is 3.11. The SMILES string of the molecule is CCCC(CC)NC(=O)c1[nH]ncc1NC(=O)c1ccc(F)cc1. The van der Waals surface area contributed by atoms with Crippen LogP contribution in [0.15, 0.2) is 30.5 Å². The number of halogens is 1. The number of nitrogens with zero attached hydrogens (tertiary/aromatic N) is 1. The van der Waals surface area contributed by atoms with Crippen LogP contribution in [-0.2, 0) is 0 Å². The number of hydrogen-bond donors (Lipinski definition) is 3. The number of H-pyrrole nitrogens is 1. The van der Waals surface area contributed by atoms with E-state index in [0.29, 0.717) is 5.56 Å². The summed E-state index contributed by atoms with van der Waals surface area (Å²) in [6, 6.07) is 5.23. The number of aromatic amines is 1. The van der Waals surface area contributed by atoms with Crippen LogP contribution in [-0.4, -0.2) is 28.1 Å². The molecular formula is C17H21FN4O2. The van der Waals surface area contributed by atoms with E-state index in [9.17, 15) is 14.0 Å². The van der Waals surface area contributed by atoms with Gasteiger partial charge in [-0.05, 0) is 37.1 Å². The first kappa shape index (κ1) is 17.7. The van der Waals surface area contributed by atoms with E-state index in [1.807, 2.05) is 6.92 Å². The van der Waals surface area contributed by atoms with Crippen LogP contribution >= 0.6 is 0 Å². The van der Waals surface area contributed by atoms with Crippen LogP contribution in [0.25, 0.3) is 0 Å². The van der Waals surface area contributed by atoms with Crippen LogP contribution in [0.4, 0.5) is 10.1 Å². The third-order valence-corrected chi connectivity index (χ3v) is 3.69. The van der Waals surface area contributed by atoms with Gasteiger partial charge in [-0.15, -0.1) is 0 Å². The number of hydrogen-bond acceptors (Lipinski definition) is 3. The van der Waals surface area contributed by atoms with E-state index in [-0.39, 0.29) is 23.3 Å². The van der Waals surface area contributed by atoms with Gasteiger partial charge in [-0.3, -0.25) is 14.7 Å². The molecule has 7 heteroatoms. The van der Waals surface area contributed by atoms with E-state index in [2.05, 4.69) is 27.8 Å². The van der Waals surface area contributed by atoms with E-state index >= 15 is 0 Å². The number of carbonyl (C=O) groups excluding carboxylic acids is 2. The maximum Gasteiger partial charge on any atom is 0.271 e. The molecule has 1 aromatic carbocycles. The van der Waals surface area contributed by atoms with Crippen LogP contribution in [0.1, 0.15) is 54.0 Å². The van der Waals surface area contributed by atoms with E-state index in [0.717, 1.165) is 19.3 Å². The smallest absolute Gasteiger partial charge is 0.271 e. The lowest BCUT2D eigenvalue weighted by atomic mass is 10.1. The molecule has 0 aliphatic heterocycles. The number of benzene rings is 1. The second-order valence-electron chi connectivity index (χ2n) is 5.49. The monoisotopic (exact) mass is 332 g/mol. The maximum atomic E-state index is 12.9. The summed E-state index contributed by atoms with van der Waals surface area (Å²) in [5.41, 5.74) is 0.773. The first-order chi connectivity index (χ1) is 11.5. The van der Waals surface area contributed by atoms with Crippen molar-refractivity contribution in [1.29, 1.82) is 0 Å². The topological polar surface area (TPSA) is 86.9 Å². The van der Waals surface area contributed by atoms with Gasteiger partial charge in [0.15, 0.2) is 0 Å². The predicted molar refractivity (Wildman–Crippen MR) is 89.4 cm³/mol. The minimum absolute atomic E-state index is 0.0754. The third kappa shape index (κ3) is 4.41. The Morgan fingerprint density at radius 3 is 2.54 bits per heavy atom. The zero-order chi connectivity index (χ0) is 17.5. The Morgan fingerprint density at radius 1 is 1.21 bits per heavy atom. The molecule has 3 N–H and O–H groups in total. The molecule has 0 aliphatic rings. The fraction of sp³-hybridized carbons (Fsp3) is 0.353. The number of nitrogens with one attached hydrogen (secondary N) is 3. The first-order valence-corrected chi connectivity index (χ1v) is 7.96. The van der Waals surface area contributed by atoms with Crippen molar-refractivity contribution in [2.24, 2.45) is 0 Å². The summed E-state index contributed by atoms with van der Waals surface area (Å²) in [4.78, 5) is 24.5. The summed E-state index contributed by atoms with van der Waals surface area (Å²) in [5, 5.41) is 12.0. The molecule has 0 saturated heterocycles. The zero-order valence-corrected chi connectivity index (χ0v) is 13.7. The highest BCUT2D eigenvalue weighted by Crippen LogP contribution is 2.14. The third-order valence-electron chi connectivity index (χ3n) is 3.69. The summed E-state index contributed by atoms with van der Waals surface area (Å²) in [6.07, 6.45) is 4.05. The number of rotatable bonds is 7. The van der Waals surface area contributed by atoms with Crippen LogP contribution in [0.2, 0.25) is 0 Å². The summed E-state index contributed by atoms with van der Waals surface area (Å²) < 4.78 is 12.9. The molecule has 2 amide bonds. The molecule has 0 fully saturated rings. The highest BCUT2D eigenvalue weighted by Gasteiger charge is 2.19. The second kappa shape index (κ2) is 8.24. The standard InChI is InChI=1S/C17H21FN4O2/c1-3-5-13(4-2)20-17(24)15-14(10-19-22-15)21-16(23)11-6-8-12(18)9-7-11/h6-10,13H,3-5H2,1-2H3,(H,19,22)(H,20,24)(H,21,23). The van der Waals surface area contributed by atoms with E-state index in [4.69, 9.17) is 0 Å². The Morgan fingerprint density at radius 2 is 1.92 bits per heavy atom. The molecule has 2 aromatic rings. The summed E-state index contributed by atoms with van der Waals surface area (Å²) in [7, 11) is 0. The summed E-state index contributed by atoms with van der Waals surface area (Å²) in [5.74, 6) is -1.18. The number of aromatic nitrogens is 2. The molecule has 0 bridgehead atoms. The summed E-state index contributed by atoms with van der Waals surface area (Å²) in [6.45, 7) is 4.06. The fourth-order valence-electron chi connectivity index (χ4n) is 2.33. The Kier molecular flexibility index (Phi) is 6.06. The van der Waals surface area contributed by atoms with Gasteiger partial charge in [0.25, 0.3) is 11.8 Å². The molecular weight excluding hydrogens is 311 g/mol. The zero-order valence-electron chi connectivity index (χ0n) is 13.7. The molecule has 0 saturated carbocycles. The van der Waals surface area contributed by atoms with Crippen LogP contribution in [0.5, 0.6) is 0 Å². The van der Waals surface area contributed by atoms with Crippen molar-refractivity contribution >= 4 is 17.5 Å². The quantitative estimate of drug-likeness (QED) is 0.728. The Bertz CT molecular complexity index is 697. The normalized spacial score (nSPS) is 11.8. The minimum Gasteiger partial charge on any atom is -0.348 e. The molecule has 1 atom stereocenters. The van der Waals surface area contributed by atoms with Gasteiger partial charge >= 0.3 is 0 Å². The molecule has 1 heterocycles. The largest absolute Gasteiger partial charge is 0.348 e. The molecule has 0 aliphatic carbocycles. The highest BCUT2D eigenvalue weighted by molar-refractivity contribution is 6.08. The lowest BCUT2D eigenvalue weighted by Crippen LogP contribution is -2.35. The van der Waals surface area contributed by atoms with Gasteiger partial charge < -0.3 is 10.6 Å². The molecule has 24 heavy (non-hydrogen) atoms. The average molecular weight is 332 g/mol. The van der Waals surface area contributed by atoms with Crippen molar-refractivity contribution in [3.05, 3.63) is 47.5 Å². The Hall–Kier alpha value is -2.70. The van der Waals surface area contributed by atoms with E-state index < -0.39 is 11.7 Å². The second-order valence-corrected chi connectivity index (χ2v) is 5.49. The molecule has 0 spiro atoms. The summed E-state index contributed by atoms with van der Waals surface area (Å²) >= 11 is 0. The van der Waals surface area contributed by atoms with E-state index in [1.165, 1.54) is 30.5 Å². The van der Waals surface area contributed by atoms with Crippen molar-refractivity contribution in [1.82, 2.24) is 15.5 Å². The fourth-order valence-corrected chi connectivity index (χ4v) is 2.33. The van der Waals surface area contributed by atoms with Gasteiger partial charge in [-0.2, -0.15) is 5.10 Å². The lowest BCUT2D eigenvalue weighted by molar-refractivity contribution is 0.0929. The average Bonchev–Trinajstić information content (AvgIpc) is 3.03. The first-order valence-electron chi connectivity index (χ1n) is 7.96. The molecule has 1 unspecified atom stereocenters. The van der Waals surface area contributed by atoms with Crippen LogP contribution in [0, 0.1) is 5.82 Å². The van der Waals surface area contributed by atoms with Crippen molar-refractivity contribution in [2.45, 2.75) is 39.2 Å². The van der Waals surface area contributed by atoms with Crippen molar-refractivity contribution in [3.8, 4) is 0 Å². The molecule has 6 nitrogen and oxygen atoms in total. The van der Waals surface area contributed by atoms with Crippen molar-refractivity contribution in [3.63, 3.8) is 0 Å². The minimum atomic E-state index is -0.439.